The Morgan fingerprint density at radius 1 is 1.17 bits per heavy atom. The first-order chi connectivity index (χ1) is 11.7. The third-order valence-corrected chi connectivity index (χ3v) is 4.90. The number of nitrogens with one attached hydrogen (secondary N) is 2. The molecule has 1 aliphatic rings. The number of rotatable bonds is 5. The molecule has 126 valence electrons. The predicted molar refractivity (Wildman–Crippen MR) is 93.8 cm³/mol. The van der Waals surface area contributed by atoms with Gasteiger partial charge in [-0.05, 0) is 12.8 Å². The van der Waals surface area contributed by atoms with Gasteiger partial charge in [0.1, 0.15) is 0 Å². The van der Waals surface area contributed by atoms with Crippen LogP contribution >= 0.6 is 11.8 Å². The Morgan fingerprint density at radius 3 is 2.62 bits per heavy atom. The van der Waals surface area contributed by atoms with Crippen molar-refractivity contribution in [2.75, 3.05) is 5.75 Å². The third-order valence-electron chi connectivity index (χ3n) is 4.03. The Kier molecular flexibility index (Phi) is 5.63. The summed E-state index contributed by atoms with van der Waals surface area (Å²) in [6.07, 6.45) is 5.72. The molecule has 24 heavy (non-hydrogen) atoms. The highest BCUT2D eigenvalue weighted by atomic mass is 32.2. The monoisotopic (exact) mass is 344 g/mol. The number of carbonyl (C=O) groups is 1. The molecule has 2 aromatic rings. The van der Waals surface area contributed by atoms with Gasteiger partial charge in [-0.2, -0.15) is 0 Å². The number of benzene rings is 1. The zero-order valence-electron chi connectivity index (χ0n) is 13.3. The second-order valence-electron chi connectivity index (χ2n) is 5.87. The molecular formula is C17H20N4O2S. The number of carbonyl (C=O) groups excluding carboxylic acids is 1. The first-order valence-corrected chi connectivity index (χ1v) is 9.15. The van der Waals surface area contributed by atoms with Gasteiger partial charge in [-0.25, -0.2) is 0 Å². The van der Waals surface area contributed by atoms with Crippen molar-refractivity contribution in [2.45, 2.75) is 43.3 Å². The van der Waals surface area contributed by atoms with Crippen LogP contribution in [0.3, 0.4) is 0 Å². The number of thioether (sulfide) groups is 1. The highest BCUT2D eigenvalue weighted by Crippen LogP contribution is 2.18. The molecule has 0 bridgehead atoms. The first kappa shape index (κ1) is 16.7. The SMILES string of the molecule is O=C(CSc1nnc(-c2ccccc2)c(=O)[nH]1)NC1CCCCC1. The third kappa shape index (κ3) is 4.44. The molecular weight excluding hydrogens is 324 g/mol. The van der Waals surface area contributed by atoms with Crippen LogP contribution < -0.4 is 10.9 Å². The second kappa shape index (κ2) is 8.10. The Morgan fingerprint density at radius 2 is 1.92 bits per heavy atom. The molecule has 2 N–H and O–H groups in total. The molecule has 0 saturated heterocycles. The summed E-state index contributed by atoms with van der Waals surface area (Å²) in [6.45, 7) is 0. The van der Waals surface area contributed by atoms with E-state index in [1.54, 1.807) is 0 Å². The van der Waals surface area contributed by atoms with E-state index in [0.717, 1.165) is 18.4 Å². The van der Waals surface area contributed by atoms with Gasteiger partial charge in [-0.1, -0.05) is 61.4 Å². The van der Waals surface area contributed by atoms with Gasteiger partial charge in [-0.3, -0.25) is 14.6 Å². The number of amides is 1. The minimum absolute atomic E-state index is 0.0262. The molecule has 1 aromatic carbocycles. The smallest absolute Gasteiger partial charge is 0.278 e. The quantitative estimate of drug-likeness (QED) is 0.813. The van der Waals surface area contributed by atoms with E-state index in [9.17, 15) is 9.59 Å². The van der Waals surface area contributed by atoms with E-state index in [1.165, 1.54) is 31.0 Å². The molecule has 0 atom stereocenters. The molecule has 1 aliphatic carbocycles. The van der Waals surface area contributed by atoms with Crippen LogP contribution in [0.15, 0.2) is 40.3 Å². The summed E-state index contributed by atoms with van der Waals surface area (Å²) in [7, 11) is 0. The lowest BCUT2D eigenvalue weighted by atomic mass is 9.95. The van der Waals surface area contributed by atoms with Crippen molar-refractivity contribution in [1.29, 1.82) is 0 Å². The van der Waals surface area contributed by atoms with Crippen molar-refractivity contribution in [3.8, 4) is 11.3 Å². The lowest BCUT2D eigenvalue weighted by Gasteiger charge is -2.22. The Hall–Kier alpha value is -2.15. The summed E-state index contributed by atoms with van der Waals surface area (Å²) in [6, 6.07) is 9.47. The van der Waals surface area contributed by atoms with Crippen LogP contribution in [0.25, 0.3) is 11.3 Å². The zero-order chi connectivity index (χ0) is 16.8. The van der Waals surface area contributed by atoms with Gasteiger partial charge < -0.3 is 5.32 Å². The molecule has 0 aliphatic heterocycles. The van der Waals surface area contributed by atoms with Crippen LogP contribution in [-0.2, 0) is 4.79 Å². The van der Waals surface area contributed by atoms with Crippen molar-refractivity contribution in [3.05, 3.63) is 40.7 Å². The lowest BCUT2D eigenvalue weighted by Crippen LogP contribution is -2.37. The van der Waals surface area contributed by atoms with E-state index in [4.69, 9.17) is 0 Å². The normalized spacial score (nSPS) is 15.2. The predicted octanol–water partition coefficient (Wildman–Crippen LogP) is 2.37. The number of hydrogen-bond donors (Lipinski definition) is 2. The summed E-state index contributed by atoms with van der Waals surface area (Å²) in [4.78, 5) is 26.8. The van der Waals surface area contributed by atoms with Crippen LogP contribution in [0.4, 0.5) is 0 Å². The summed E-state index contributed by atoms with van der Waals surface area (Å²) in [5, 5.41) is 11.4. The fraction of sp³-hybridized carbons (Fsp3) is 0.412. The highest BCUT2D eigenvalue weighted by Gasteiger charge is 2.16. The lowest BCUT2D eigenvalue weighted by molar-refractivity contribution is -0.119. The molecule has 3 rings (SSSR count). The number of H-pyrrole nitrogens is 1. The van der Waals surface area contributed by atoms with Gasteiger partial charge in [-0.15, -0.1) is 10.2 Å². The van der Waals surface area contributed by atoms with E-state index >= 15 is 0 Å². The van der Waals surface area contributed by atoms with E-state index in [-0.39, 0.29) is 29.0 Å². The van der Waals surface area contributed by atoms with E-state index in [1.807, 2.05) is 30.3 Å². The maximum absolute atomic E-state index is 12.1. The van der Waals surface area contributed by atoms with Crippen LogP contribution in [0.5, 0.6) is 0 Å². The van der Waals surface area contributed by atoms with Crippen molar-refractivity contribution >= 4 is 17.7 Å². The first-order valence-electron chi connectivity index (χ1n) is 8.17. The second-order valence-corrected chi connectivity index (χ2v) is 6.83. The van der Waals surface area contributed by atoms with Gasteiger partial charge in [0.2, 0.25) is 5.91 Å². The summed E-state index contributed by atoms with van der Waals surface area (Å²) in [5.74, 6) is 0.202. The molecule has 1 aromatic heterocycles. The molecule has 1 saturated carbocycles. The van der Waals surface area contributed by atoms with Crippen LogP contribution in [0, 0.1) is 0 Å². The molecule has 1 amide bonds. The number of nitrogens with zero attached hydrogens (tertiary/aromatic N) is 2. The van der Waals surface area contributed by atoms with Crippen molar-refractivity contribution in [2.24, 2.45) is 0 Å². The Balaban J connectivity index is 1.57. The number of aromatic nitrogens is 3. The van der Waals surface area contributed by atoms with Crippen molar-refractivity contribution in [1.82, 2.24) is 20.5 Å². The number of hydrogen-bond acceptors (Lipinski definition) is 5. The maximum Gasteiger partial charge on any atom is 0.278 e. The van der Waals surface area contributed by atoms with Crippen molar-refractivity contribution < 1.29 is 4.79 Å². The molecule has 7 heteroatoms. The summed E-state index contributed by atoms with van der Waals surface area (Å²) < 4.78 is 0. The molecule has 0 unspecified atom stereocenters. The van der Waals surface area contributed by atoms with Gasteiger partial charge in [0.25, 0.3) is 5.56 Å². The molecule has 1 fully saturated rings. The van der Waals surface area contributed by atoms with Crippen LogP contribution in [-0.4, -0.2) is 32.9 Å². The summed E-state index contributed by atoms with van der Waals surface area (Å²) >= 11 is 1.19. The van der Waals surface area contributed by atoms with E-state index in [2.05, 4.69) is 20.5 Å². The minimum atomic E-state index is -0.300. The average molecular weight is 344 g/mol. The fourth-order valence-corrected chi connectivity index (χ4v) is 3.44. The average Bonchev–Trinajstić information content (AvgIpc) is 2.62. The fourth-order valence-electron chi connectivity index (χ4n) is 2.82. The zero-order valence-corrected chi connectivity index (χ0v) is 14.1. The Bertz CT molecular complexity index is 742. The van der Waals surface area contributed by atoms with Gasteiger partial charge in [0.15, 0.2) is 10.9 Å². The Labute approximate surface area is 144 Å². The topological polar surface area (TPSA) is 87.7 Å². The maximum atomic E-state index is 12.1. The molecule has 0 spiro atoms. The molecule has 1 heterocycles. The number of aromatic amines is 1. The summed E-state index contributed by atoms with van der Waals surface area (Å²) in [5.41, 5.74) is 0.704. The standard InChI is InChI=1S/C17H20N4O2S/c22-14(18-13-9-5-2-6-10-13)11-24-17-19-16(23)15(20-21-17)12-7-3-1-4-8-12/h1,3-4,7-8,13H,2,5-6,9-11H2,(H,18,22)(H,19,21,23). The highest BCUT2D eigenvalue weighted by molar-refractivity contribution is 7.99. The van der Waals surface area contributed by atoms with Gasteiger partial charge in [0, 0.05) is 11.6 Å². The molecule has 0 radical (unpaired) electrons. The van der Waals surface area contributed by atoms with Crippen LogP contribution in [0.1, 0.15) is 32.1 Å². The molecule has 6 nitrogen and oxygen atoms in total. The van der Waals surface area contributed by atoms with E-state index < -0.39 is 0 Å². The van der Waals surface area contributed by atoms with Gasteiger partial charge >= 0.3 is 0 Å². The van der Waals surface area contributed by atoms with E-state index in [0.29, 0.717) is 5.16 Å². The largest absolute Gasteiger partial charge is 0.353 e. The van der Waals surface area contributed by atoms with Crippen molar-refractivity contribution in [3.63, 3.8) is 0 Å². The minimum Gasteiger partial charge on any atom is -0.353 e. The van der Waals surface area contributed by atoms with Crippen LogP contribution in [0.2, 0.25) is 0 Å². The van der Waals surface area contributed by atoms with Gasteiger partial charge in [0.05, 0.1) is 5.75 Å².